The van der Waals surface area contributed by atoms with E-state index in [2.05, 4.69) is 10.2 Å². The van der Waals surface area contributed by atoms with Crippen molar-refractivity contribution in [3.63, 3.8) is 0 Å². The van der Waals surface area contributed by atoms with Crippen LogP contribution >= 0.6 is 0 Å². The molecule has 1 aromatic rings. The summed E-state index contributed by atoms with van der Waals surface area (Å²) in [7, 11) is -1.32. The molecule has 1 aliphatic carbocycles. The van der Waals surface area contributed by atoms with Crippen molar-refractivity contribution < 1.29 is 8.42 Å². The van der Waals surface area contributed by atoms with Gasteiger partial charge in [-0.25, -0.2) is 8.42 Å². The molecular formula is C14H24N4O2S. The molecule has 2 fully saturated rings. The molecule has 1 aromatic heterocycles. The fourth-order valence-electron chi connectivity index (χ4n) is 3.66. The zero-order valence-electron chi connectivity index (χ0n) is 12.6. The van der Waals surface area contributed by atoms with Gasteiger partial charge >= 0.3 is 0 Å². The monoisotopic (exact) mass is 312 g/mol. The number of aromatic nitrogens is 3. The molecule has 1 unspecified atom stereocenters. The van der Waals surface area contributed by atoms with Crippen LogP contribution in [-0.4, -0.2) is 39.8 Å². The Hall–Kier alpha value is -0.950. The Labute approximate surface area is 126 Å². The van der Waals surface area contributed by atoms with E-state index in [-0.39, 0.29) is 11.8 Å². The standard InChI is InChI=1S/C14H24N4O2S/c1-17-11-15-16-14(17)13-7-4-9-18(13)21(19,20)10-8-12-5-2-3-6-12/h11-13H,2-10H2,1H3. The van der Waals surface area contributed by atoms with Gasteiger partial charge in [0.1, 0.15) is 6.33 Å². The van der Waals surface area contributed by atoms with Crippen LogP contribution in [0.2, 0.25) is 0 Å². The van der Waals surface area contributed by atoms with E-state index in [0.717, 1.165) is 25.1 Å². The molecule has 1 saturated carbocycles. The van der Waals surface area contributed by atoms with Gasteiger partial charge in [-0.05, 0) is 25.2 Å². The van der Waals surface area contributed by atoms with Crippen LogP contribution in [0.1, 0.15) is 56.8 Å². The Balaban J connectivity index is 1.70. The highest BCUT2D eigenvalue weighted by molar-refractivity contribution is 7.89. The van der Waals surface area contributed by atoms with Crippen molar-refractivity contribution in [2.75, 3.05) is 12.3 Å². The first-order valence-electron chi connectivity index (χ1n) is 7.91. The maximum absolute atomic E-state index is 12.7. The molecule has 0 spiro atoms. The molecule has 2 heterocycles. The molecule has 3 rings (SSSR count). The van der Waals surface area contributed by atoms with E-state index in [4.69, 9.17) is 0 Å². The van der Waals surface area contributed by atoms with Crippen molar-refractivity contribution in [2.45, 2.75) is 51.0 Å². The Morgan fingerprint density at radius 2 is 2.00 bits per heavy atom. The summed E-state index contributed by atoms with van der Waals surface area (Å²) in [5, 5.41) is 7.99. The summed E-state index contributed by atoms with van der Waals surface area (Å²) in [5.41, 5.74) is 0. The second kappa shape index (κ2) is 6.04. The van der Waals surface area contributed by atoms with Crippen molar-refractivity contribution in [1.29, 1.82) is 0 Å². The summed E-state index contributed by atoms with van der Waals surface area (Å²) >= 11 is 0. The van der Waals surface area contributed by atoms with Crippen molar-refractivity contribution in [1.82, 2.24) is 19.1 Å². The zero-order valence-corrected chi connectivity index (χ0v) is 13.4. The minimum Gasteiger partial charge on any atom is -0.319 e. The summed E-state index contributed by atoms with van der Waals surface area (Å²) in [6.45, 7) is 0.616. The van der Waals surface area contributed by atoms with Crippen LogP contribution in [0.15, 0.2) is 6.33 Å². The number of sulfonamides is 1. The van der Waals surface area contributed by atoms with Crippen molar-refractivity contribution in [2.24, 2.45) is 13.0 Å². The summed E-state index contributed by atoms with van der Waals surface area (Å²) in [4.78, 5) is 0. The van der Waals surface area contributed by atoms with Crippen molar-refractivity contribution in [3.8, 4) is 0 Å². The number of nitrogens with zero attached hydrogens (tertiary/aromatic N) is 4. The second-order valence-corrected chi connectivity index (χ2v) is 8.37. The lowest BCUT2D eigenvalue weighted by Gasteiger charge is -2.24. The highest BCUT2D eigenvalue weighted by Crippen LogP contribution is 2.34. The highest BCUT2D eigenvalue weighted by atomic mass is 32.2. The molecule has 0 radical (unpaired) electrons. The van der Waals surface area contributed by atoms with E-state index >= 15 is 0 Å². The molecule has 6 nitrogen and oxygen atoms in total. The summed E-state index contributed by atoms with van der Waals surface area (Å²) in [5.74, 6) is 1.65. The minimum atomic E-state index is -3.19. The Morgan fingerprint density at radius 1 is 1.24 bits per heavy atom. The molecule has 21 heavy (non-hydrogen) atoms. The van der Waals surface area contributed by atoms with E-state index < -0.39 is 10.0 Å². The second-order valence-electron chi connectivity index (χ2n) is 6.32. The smallest absolute Gasteiger partial charge is 0.214 e. The molecule has 1 atom stereocenters. The van der Waals surface area contributed by atoms with E-state index in [1.807, 2.05) is 11.6 Å². The lowest BCUT2D eigenvalue weighted by Crippen LogP contribution is -2.34. The molecule has 1 saturated heterocycles. The quantitative estimate of drug-likeness (QED) is 0.832. The van der Waals surface area contributed by atoms with Gasteiger partial charge in [-0.2, -0.15) is 4.31 Å². The van der Waals surface area contributed by atoms with Crippen LogP contribution in [0, 0.1) is 5.92 Å². The van der Waals surface area contributed by atoms with Gasteiger partial charge < -0.3 is 4.57 Å². The molecule has 7 heteroatoms. The largest absolute Gasteiger partial charge is 0.319 e. The first kappa shape index (κ1) is 15.0. The molecular weight excluding hydrogens is 288 g/mol. The normalized spacial score (nSPS) is 24.9. The lowest BCUT2D eigenvalue weighted by molar-refractivity contribution is 0.373. The van der Waals surface area contributed by atoms with Crippen LogP contribution in [0.5, 0.6) is 0 Å². The first-order valence-corrected chi connectivity index (χ1v) is 9.52. The van der Waals surface area contributed by atoms with Gasteiger partial charge in [-0.3, -0.25) is 0 Å². The van der Waals surface area contributed by atoms with Gasteiger partial charge in [0.05, 0.1) is 11.8 Å². The van der Waals surface area contributed by atoms with Crippen LogP contribution in [0.4, 0.5) is 0 Å². The predicted octanol–water partition coefficient (Wildman–Crippen LogP) is 1.86. The number of hydrogen-bond donors (Lipinski definition) is 0. The van der Waals surface area contributed by atoms with E-state index in [0.29, 0.717) is 12.5 Å². The summed E-state index contributed by atoms with van der Waals surface area (Å²) in [6, 6.07) is -0.133. The SMILES string of the molecule is Cn1cnnc1C1CCCN1S(=O)(=O)CCC1CCCC1. The molecule has 0 aromatic carbocycles. The van der Waals surface area contributed by atoms with Crippen LogP contribution in [-0.2, 0) is 17.1 Å². The van der Waals surface area contributed by atoms with E-state index in [1.54, 1.807) is 10.6 Å². The number of rotatable bonds is 5. The average Bonchev–Trinajstić information content (AvgIpc) is 3.17. The Morgan fingerprint density at radius 3 is 2.67 bits per heavy atom. The summed E-state index contributed by atoms with van der Waals surface area (Å²) < 4.78 is 28.8. The molecule has 118 valence electrons. The van der Waals surface area contributed by atoms with Crippen LogP contribution < -0.4 is 0 Å². The fourth-order valence-corrected chi connectivity index (χ4v) is 5.52. The predicted molar refractivity (Wildman–Crippen MR) is 80.0 cm³/mol. The van der Waals surface area contributed by atoms with Gasteiger partial charge in [0.2, 0.25) is 10.0 Å². The van der Waals surface area contributed by atoms with Gasteiger partial charge in [-0.15, -0.1) is 10.2 Å². The highest BCUT2D eigenvalue weighted by Gasteiger charge is 2.37. The lowest BCUT2D eigenvalue weighted by atomic mass is 10.1. The molecule has 1 aliphatic heterocycles. The maximum atomic E-state index is 12.7. The average molecular weight is 312 g/mol. The van der Waals surface area contributed by atoms with Gasteiger partial charge in [0.15, 0.2) is 5.82 Å². The Kier molecular flexibility index (Phi) is 4.31. The topological polar surface area (TPSA) is 68.1 Å². The third-order valence-corrected chi connectivity index (χ3v) is 6.77. The van der Waals surface area contributed by atoms with Gasteiger partial charge in [0, 0.05) is 13.6 Å². The molecule has 2 aliphatic rings. The number of hydrogen-bond acceptors (Lipinski definition) is 4. The third-order valence-electron chi connectivity index (χ3n) is 4.86. The van der Waals surface area contributed by atoms with Gasteiger partial charge in [-0.1, -0.05) is 25.7 Å². The Bertz CT molecular complexity index is 578. The van der Waals surface area contributed by atoms with E-state index in [1.165, 1.54) is 25.7 Å². The van der Waals surface area contributed by atoms with Gasteiger partial charge in [0.25, 0.3) is 0 Å². The zero-order chi connectivity index (χ0) is 14.9. The third kappa shape index (κ3) is 3.13. The van der Waals surface area contributed by atoms with E-state index in [9.17, 15) is 8.42 Å². The maximum Gasteiger partial charge on any atom is 0.214 e. The summed E-state index contributed by atoms with van der Waals surface area (Å²) in [6.07, 6.45) is 9.10. The van der Waals surface area contributed by atoms with Crippen LogP contribution in [0.3, 0.4) is 0 Å². The van der Waals surface area contributed by atoms with Crippen molar-refractivity contribution >= 4 is 10.0 Å². The number of aryl methyl sites for hydroxylation is 1. The minimum absolute atomic E-state index is 0.133. The van der Waals surface area contributed by atoms with Crippen LogP contribution in [0.25, 0.3) is 0 Å². The fraction of sp³-hybridized carbons (Fsp3) is 0.857. The molecule has 0 bridgehead atoms. The molecule has 0 amide bonds. The molecule has 0 N–H and O–H groups in total. The first-order chi connectivity index (χ1) is 10.1. The van der Waals surface area contributed by atoms with Crippen molar-refractivity contribution in [3.05, 3.63) is 12.2 Å².